The molecule has 4 nitrogen and oxygen atoms in total. The van der Waals surface area contributed by atoms with E-state index in [1.54, 1.807) is 30.3 Å². The summed E-state index contributed by atoms with van der Waals surface area (Å²) in [6.45, 7) is 1.62. The molecule has 0 radical (unpaired) electrons. The summed E-state index contributed by atoms with van der Waals surface area (Å²) in [4.78, 5) is 30.1. The number of rotatable bonds is 5. The summed E-state index contributed by atoms with van der Waals surface area (Å²) in [6.07, 6.45) is 0. The van der Waals surface area contributed by atoms with Gasteiger partial charge in [0.25, 0.3) is 0 Å². The Morgan fingerprint density at radius 3 is 2.19 bits per heavy atom. The van der Waals surface area contributed by atoms with E-state index >= 15 is 0 Å². The number of Topliss-reactive ketones (excluding diaryl/α,β-unsaturated/α-hetero) is 1. The highest BCUT2D eigenvalue weighted by Gasteiger charge is 2.17. The van der Waals surface area contributed by atoms with Gasteiger partial charge >= 0.3 is 5.97 Å². The lowest BCUT2D eigenvalue weighted by Gasteiger charge is -2.11. The van der Waals surface area contributed by atoms with Crippen LogP contribution in [0.1, 0.15) is 26.3 Å². The minimum Gasteiger partial charge on any atom is -0.454 e. The molecular weight excluding hydrogens is 522 g/mol. The predicted octanol–water partition coefficient (Wildman–Crippen LogP) is 6.77. The molecule has 0 atom stereocenters. The third-order valence-electron chi connectivity index (χ3n) is 4.82. The maximum Gasteiger partial charge on any atom is 0.339 e. The Kier molecular flexibility index (Phi) is 6.30. The number of pyridine rings is 1. The van der Waals surface area contributed by atoms with Crippen molar-refractivity contribution >= 4 is 54.5 Å². The lowest BCUT2D eigenvalue weighted by Crippen LogP contribution is -2.15. The van der Waals surface area contributed by atoms with Crippen LogP contribution in [0.5, 0.6) is 0 Å². The van der Waals surface area contributed by atoms with Crippen LogP contribution in [-0.4, -0.2) is 23.3 Å². The summed E-state index contributed by atoms with van der Waals surface area (Å²) in [5, 5.41) is 0.696. The molecule has 4 rings (SSSR count). The Bertz CT molecular complexity index is 1280. The average Bonchev–Trinajstić information content (AvgIpc) is 2.77. The number of ketones is 1. The molecule has 0 saturated carbocycles. The molecule has 0 aliphatic heterocycles. The van der Waals surface area contributed by atoms with Crippen LogP contribution in [-0.2, 0) is 4.74 Å². The zero-order valence-corrected chi connectivity index (χ0v) is 19.7. The van der Waals surface area contributed by atoms with Gasteiger partial charge in [-0.1, -0.05) is 67.8 Å². The lowest BCUT2D eigenvalue weighted by atomic mass is 10.0. The minimum absolute atomic E-state index is 0.261. The summed E-state index contributed by atoms with van der Waals surface area (Å²) in [5.41, 5.74) is 4.11. The molecule has 4 aromatic rings. The molecule has 0 saturated heterocycles. The van der Waals surface area contributed by atoms with Gasteiger partial charge in [-0.05, 0) is 49.4 Å². The van der Waals surface area contributed by atoms with E-state index in [2.05, 4.69) is 31.9 Å². The monoisotopic (exact) mass is 537 g/mol. The van der Waals surface area contributed by atoms with E-state index in [0.717, 1.165) is 20.1 Å². The fourth-order valence-electron chi connectivity index (χ4n) is 3.20. The minimum atomic E-state index is -0.554. The number of benzene rings is 3. The van der Waals surface area contributed by atoms with Gasteiger partial charge < -0.3 is 4.74 Å². The number of fused-ring (bicyclic) bond motifs is 1. The first-order chi connectivity index (χ1) is 14.9. The van der Waals surface area contributed by atoms with Crippen molar-refractivity contribution in [2.45, 2.75) is 6.92 Å². The molecular formula is C25H17Br2NO3. The first kappa shape index (κ1) is 21.4. The highest BCUT2D eigenvalue weighted by atomic mass is 79.9. The van der Waals surface area contributed by atoms with Gasteiger partial charge in [0.05, 0.1) is 16.8 Å². The molecule has 154 valence electrons. The van der Waals surface area contributed by atoms with Crippen molar-refractivity contribution in [1.82, 2.24) is 4.98 Å². The normalized spacial score (nSPS) is 10.8. The smallest absolute Gasteiger partial charge is 0.339 e. The molecule has 1 heterocycles. The Balaban J connectivity index is 1.66. The highest BCUT2D eigenvalue weighted by Crippen LogP contribution is 2.27. The zero-order valence-electron chi connectivity index (χ0n) is 16.6. The second kappa shape index (κ2) is 9.12. The molecule has 0 aliphatic carbocycles. The number of carbonyl (C=O) groups is 2. The Morgan fingerprint density at radius 1 is 0.871 bits per heavy atom. The van der Waals surface area contributed by atoms with Crippen LogP contribution in [0.2, 0.25) is 0 Å². The van der Waals surface area contributed by atoms with Crippen LogP contribution in [0.3, 0.4) is 0 Å². The number of aromatic nitrogens is 1. The summed E-state index contributed by atoms with van der Waals surface area (Å²) < 4.78 is 7.23. The van der Waals surface area contributed by atoms with Crippen LogP contribution in [0.25, 0.3) is 22.2 Å². The van der Waals surface area contributed by atoms with Gasteiger partial charge in [-0.25, -0.2) is 9.78 Å². The largest absolute Gasteiger partial charge is 0.454 e. The number of aryl methyl sites for hydroxylation is 1. The van der Waals surface area contributed by atoms with Crippen LogP contribution in [0, 0.1) is 6.92 Å². The molecule has 0 aliphatic rings. The first-order valence-corrected chi connectivity index (χ1v) is 11.1. The zero-order chi connectivity index (χ0) is 22.0. The van der Waals surface area contributed by atoms with Gasteiger partial charge in [0.2, 0.25) is 0 Å². The van der Waals surface area contributed by atoms with E-state index in [1.165, 1.54) is 0 Å². The maximum atomic E-state index is 13.0. The molecule has 0 unspecified atom stereocenters. The van der Waals surface area contributed by atoms with Gasteiger partial charge in [0, 0.05) is 25.5 Å². The van der Waals surface area contributed by atoms with Gasteiger partial charge in [0.1, 0.15) is 0 Å². The molecule has 0 fully saturated rings. The molecule has 6 heteroatoms. The Labute approximate surface area is 196 Å². The van der Waals surface area contributed by atoms with Crippen molar-refractivity contribution in [2.75, 3.05) is 6.61 Å². The van der Waals surface area contributed by atoms with E-state index in [-0.39, 0.29) is 12.4 Å². The summed E-state index contributed by atoms with van der Waals surface area (Å²) in [7, 11) is 0. The molecule has 0 spiro atoms. The molecule has 3 aromatic carbocycles. The third kappa shape index (κ3) is 4.92. The Morgan fingerprint density at radius 2 is 1.52 bits per heavy atom. The number of halogens is 2. The van der Waals surface area contributed by atoms with Gasteiger partial charge in [-0.15, -0.1) is 0 Å². The Hall–Kier alpha value is -2.83. The number of hydrogen-bond donors (Lipinski definition) is 0. The van der Waals surface area contributed by atoms with Gasteiger partial charge in [-0.2, -0.15) is 0 Å². The topological polar surface area (TPSA) is 56.3 Å². The average molecular weight is 539 g/mol. The first-order valence-electron chi connectivity index (χ1n) is 9.54. The third-order valence-corrected chi connectivity index (χ3v) is 5.88. The summed E-state index contributed by atoms with van der Waals surface area (Å²) >= 11 is 6.77. The second-order valence-electron chi connectivity index (χ2n) is 7.09. The maximum absolute atomic E-state index is 13.0. The van der Waals surface area contributed by atoms with E-state index in [1.807, 2.05) is 49.4 Å². The van der Waals surface area contributed by atoms with Crippen molar-refractivity contribution in [3.63, 3.8) is 0 Å². The van der Waals surface area contributed by atoms with Crippen LogP contribution in [0.4, 0.5) is 0 Å². The number of hydrogen-bond acceptors (Lipinski definition) is 4. The van der Waals surface area contributed by atoms with E-state index in [9.17, 15) is 9.59 Å². The quantitative estimate of drug-likeness (QED) is 0.208. The summed E-state index contributed by atoms with van der Waals surface area (Å²) in [6, 6.07) is 22.1. The van der Waals surface area contributed by atoms with Gasteiger partial charge in [-0.3, -0.25) is 4.79 Å². The second-order valence-corrected chi connectivity index (χ2v) is 8.92. The van der Waals surface area contributed by atoms with E-state index < -0.39 is 5.97 Å². The molecule has 31 heavy (non-hydrogen) atoms. The molecule has 1 aromatic heterocycles. The van der Waals surface area contributed by atoms with E-state index in [4.69, 9.17) is 9.72 Å². The van der Waals surface area contributed by atoms with Crippen molar-refractivity contribution in [1.29, 1.82) is 0 Å². The van der Waals surface area contributed by atoms with E-state index in [0.29, 0.717) is 27.7 Å². The van der Waals surface area contributed by atoms with Crippen molar-refractivity contribution in [2.24, 2.45) is 0 Å². The van der Waals surface area contributed by atoms with Crippen LogP contribution in [0.15, 0.2) is 81.7 Å². The SMILES string of the molecule is Cc1ccc2nc(-c3ccc(Br)cc3)cc(C(=O)OCC(=O)c3ccc(Br)cc3)c2c1. The van der Waals surface area contributed by atoms with Crippen molar-refractivity contribution in [3.05, 3.63) is 98.4 Å². The number of nitrogens with zero attached hydrogens (tertiary/aromatic N) is 1. The van der Waals surface area contributed by atoms with Crippen LogP contribution < -0.4 is 0 Å². The van der Waals surface area contributed by atoms with Crippen molar-refractivity contribution in [3.8, 4) is 11.3 Å². The number of esters is 1. The fraction of sp³-hybridized carbons (Fsp3) is 0.0800. The molecule has 0 bridgehead atoms. The standard InChI is InChI=1S/C25H17Br2NO3/c1-15-2-11-22-20(12-15)21(13-23(28-22)16-3-7-18(26)8-4-16)25(30)31-14-24(29)17-5-9-19(27)10-6-17/h2-13H,14H2,1H3. The number of carbonyl (C=O) groups excluding carboxylic acids is 2. The summed E-state index contributed by atoms with van der Waals surface area (Å²) in [5.74, 6) is -0.814. The number of ether oxygens (including phenoxy) is 1. The van der Waals surface area contributed by atoms with Crippen molar-refractivity contribution < 1.29 is 14.3 Å². The fourth-order valence-corrected chi connectivity index (χ4v) is 3.73. The van der Waals surface area contributed by atoms with Gasteiger partial charge in [0.15, 0.2) is 12.4 Å². The molecule has 0 amide bonds. The van der Waals surface area contributed by atoms with Crippen LogP contribution >= 0.6 is 31.9 Å². The molecule has 0 N–H and O–H groups in total. The lowest BCUT2D eigenvalue weighted by molar-refractivity contribution is 0.0476. The highest BCUT2D eigenvalue weighted by molar-refractivity contribution is 9.10. The predicted molar refractivity (Wildman–Crippen MR) is 128 cm³/mol.